The number of hydrogen-bond acceptors (Lipinski definition) is 4. The lowest BCUT2D eigenvalue weighted by Gasteiger charge is -2.07. The van der Waals surface area contributed by atoms with Gasteiger partial charge in [0.05, 0.1) is 11.1 Å². The third-order valence-corrected chi connectivity index (χ3v) is 3.68. The second-order valence-electron chi connectivity index (χ2n) is 4.15. The fraction of sp³-hybridized carbons (Fsp3) is 0.125. The molecule has 0 heterocycles. The van der Waals surface area contributed by atoms with Crippen LogP contribution in [0.1, 0.15) is 20.7 Å². The summed E-state index contributed by atoms with van der Waals surface area (Å²) in [6, 6.07) is 15.8. The van der Waals surface area contributed by atoms with E-state index in [0.29, 0.717) is 5.75 Å². The third-order valence-electron chi connectivity index (χ3n) is 2.71. The molecule has 2 rings (SSSR count). The van der Waals surface area contributed by atoms with Crippen molar-refractivity contribution in [3.05, 3.63) is 65.7 Å². The summed E-state index contributed by atoms with van der Waals surface area (Å²) in [5.74, 6) is -1.13. The Kier molecular flexibility index (Phi) is 5.40. The number of ether oxygens (including phenoxy) is 1. The van der Waals surface area contributed by atoms with E-state index in [4.69, 9.17) is 9.84 Å². The zero-order valence-electron chi connectivity index (χ0n) is 11.2. The first-order chi connectivity index (χ1) is 10.2. The summed E-state index contributed by atoms with van der Waals surface area (Å²) in [5.41, 5.74) is 0.0351. The van der Waals surface area contributed by atoms with Crippen LogP contribution in [0, 0.1) is 0 Å². The minimum Gasteiger partial charge on any atom is -0.478 e. The van der Waals surface area contributed by atoms with Gasteiger partial charge < -0.3 is 9.84 Å². The molecule has 0 amide bonds. The SMILES string of the molecule is O=C(O)c1ccccc1C(=O)OCCSc1ccccc1. The van der Waals surface area contributed by atoms with Gasteiger partial charge in [0, 0.05) is 10.6 Å². The van der Waals surface area contributed by atoms with E-state index >= 15 is 0 Å². The number of carbonyl (C=O) groups excluding carboxylic acids is 1. The molecule has 4 nitrogen and oxygen atoms in total. The maximum atomic E-state index is 11.9. The van der Waals surface area contributed by atoms with E-state index in [-0.39, 0.29) is 17.7 Å². The zero-order chi connectivity index (χ0) is 15.1. The van der Waals surface area contributed by atoms with E-state index in [0.717, 1.165) is 4.90 Å². The van der Waals surface area contributed by atoms with Crippen LogP contribution in [-0.4, -0.2) is 29.4 Å². The molecule has 0 atom stereocenters. The molecule has 2 aromatic rings. The molecule has 2 aromatic carbocycles. The quantitative estimate of drug-likeness (QED) is 0.504. The summed E-state index contributed by atoms with van der Waals surface area (Å²) in [6.45, 7) is 0.229. The van der Waals surface area contributed by atoms with Crippen LogP contribution in [0.5, 0.6) is 0 Å². The van der Waals surface area contributed by atoms with Gasteiger partial charge in [0.1, 0.15) is 6.61 Å². The van der Waals surface area contributed by atoms with Crippen LogP contribution in [0.4, 0.5) is 0 Å². The first kappa shape index (κ1) is 15.1. The number of carbonyl (C=O) groups is 2. The highest BCUT2D eigenvalue weighted by molar-refractivity contribution is 7.99. The second kappa shape index (κ2) is 7.50. The predicted octanol–water partition coefficient (Wildman–Crippen LogP) is 3.33. The van der Waals surface area contributed by atoms with Crippen molar-refractivity contribution in [3.8, 4) is 0 Å². The van der Waals surface area contributed by atoms with Crippen molar-refractivity contribution in [1.82, 2.24) is 0 Å². The van der Waals surface area contributed by atoms with Gasteiger partial charge in [0.15, 0.2) is 0 Å². The number of aromatic carboxylic acids is 1. The largest absolute Gasteiger partial charge is 0.478 e. The summed E-state index contributed by atoms with van der Waals surface area (Å²) >= 11 is 1.57. The topological polar surface area (TPSA) is 63.6 Å². The average molecular weight is 302 g/mol. The molecule has 0 bridgehead atoms. The summed E-state index contributed by atoms with van der Waals surface area (Å²) in [5, 5.41) is 9.02. The van der Waals surface area contributed by atoms with Crippen molar-refractivity contribution in [1.29, 1.82) is 0 Å². The van der Waals surface area contributed by atoms with E-state index in [1.807, 2.05) is 30.3 Å². The van der Waals surface area contributed by atoms with Gasteiger partial charge in [-0.25, -0.2) is 9.59 Å². The Morgan fingerprint density at radius 1 is 0.952 bits per heavy atom. The molecule has 5 heteroatoms. The number of benzene rings is 2. The normalized spacial score (nSPS) is 10.1. The molecule has 0 aliphatic heterocycles. The molecule has 0 unspecified atom stereocenters. The minimum absolute atomic E-state index is 0.0433. The fourth-order valence-corrected chi connectivity index (χ4v) is 2.49. The minimum atomic E-state index is -1.14. The Labute approximate surface area is 126 Å². The van der Waals surface area contributed by atoms with Crippen molar-refractivity contribution in [3.63, 3.8) is 0 Å². The van der Waals surface area contributed by atoms with Gasteiger partial charge in [-0.15, -0.1) is 11.8 Å². The van der Waals surface area contributed by atoms with Gasteiger partial charge in [-0.2, -0.15) is 0 Å². The van der Waals surface area contributed by atoms with Gasteiger partial charge in [0.25, 0.3) is 0 Å². The first-order valence-corrected chi connectivity index (χ1v) is 7.34. The van der Waals surface area contributed by atoms with Gasteiger partial charge in [-0.3, -0.25) is 0 Å². The first-order valence-electron chi connectivity index (χ1n) is 6.36. The number of carboxylic acids is 1. The van der Waals surface area contributed by atoms with Crippen molar-refractivity contribution in [2.24, 2.45) is 0 Å². The molecule has 0 radical (unpaired) electrons. The molecule has 108 valence electrons. The second-order valence-corrected chi connectivity index (χ2v) is 5.32. The van der Waals surface area contributed by atoms with Gasteiger partial charge in [-0.1, -0.05) is 30.3 Å². The van der Waals surface area contributed by atoms with Crippen LogP contribution in [0.3, 0.4) is 0 Å². The zero-order valence-corrected chi connectivity index (χ0v) is 12.0. The number of thioether (sulfide) groups is 1. The number of carboxylic acid groups (broad SMARTS) is 1. The van der Waals surface area contributed by atoms with Crippen molar-refractivity contribution < 1.29 is 19.4 Å². The third kappa shape index (κ3) is 4.36. The van der Waals surface area contributed by atoms with E-state index in [9.17, 15) is 9.59 Å². The summed E-state index contributed by atoms with van der Waals surface area (Å²) in [4.78, 5) is 24.0. The highest BCUT2D eigenvalue weighted by Gasteiger charge is 2.16. The summed E-state index contributed by atoms with van der Waals surface area (Å²) in [6.07, 6.45) is 0. The smallest absolute Gasteiger partial charge is 0.339 e. The van der Waals surface area contributed by atoms with Gasteiger partial charge in [-0.05, 0) is 24.3 Å². The van der Waals surface area contributed by atoms with Crippen LogP contribution in [0.2, 0.25) is 0 Å². The Balaban J connectivity index is 1.86. The lowest BCUT2D eigenvalue weighted by atomic mass is 10.1. The maximum absolute atomic E-state index is 11.9. The van der Waals surface area contributed by atoms with Crippen molar-refractivity contribution in [2.75, 3.05) is 12.4 Å². The molecule has 0 saturated carbocycles. The fourth-order valence-electron chi connectivity index (χ4n) is 1.74. The lowest BCUT2D eigenvalue weighted by molar-refractivity contribution is 0.0518. The van der Waals surface area contributed by atoms with Gasteiger partial charge in [0.2, 0.25) is 0 Å². The average Bonchev–Trinajstić information content (AvgIpc) is 2.52. The summed E-state index contributed by atoms with van der Waals surface area (Å²) < 4.78 is 5.12. The Morgan fingerprint density at radius 2 is 1.57 bits per heavy atom. The number of rotatable bonds is 6. The molecule has 1 N–H and O–H groups in total. The molecular formula is C16H14O4S. The van der Waals surface area contributed by atoms with Crippen molar-refractivity contribution >= 4 is 23.7 Å². The molecule has 21 heavy (non-hydrogen) atoms. The Bertz CT molecular complexity index is 625. The highest BCUT2D eigenvalue weighted by Crippen LogP contribution is 2.17. The Morgan fingerprint density at radius 3 is 2.24 bits per heavy atom. The van der Waals surface area contributed by atoms with Crippen LogP contribution < -0.4 is 0 Å². The van der Waals surface area contributed by atoms with E-state index in [1.165, 1.54) is 12.1 Å². The standard InChI is InChI=1S/C16H14O4S/c17-15(18)13-8-4-5-9-14(13)16(19)20-10-11-21-12-6-2-1-3-7-12/h1-9H,10-11H2,(H,17,18). The van der Waals surface area contributed by atoms with Crippen LogP contribution in [0.25, 0.3) is 0 Å². The van der Waals surface area contributed by atoms with E-state index in [1.54, 1.807) is 23.9 Å². The molecule has 0 fully saturated rings. The Hall–Kier alpha value is -2.27. The highest BCUT2D eigenvalue weighted by atomic mass is 32.2. The lowest BCUT2D eigenvalue weighted by Crippen LogP contribution is -2.13. The van der Waals surface area contributed by atoms with Crippen LogP contribution in [-0.2, 0) is 4.74 Å². The molecule has 0 spiro atoms. The van der Waals surface area contributed by atoms with Crippen LogP contribution in [0.15, 0.2) is 59.5 Å². The van der Waals surface area contributed by atoms with E-state index < -0.39 is 11.9 Å². The van der Waals surface area contributed by atoms with Crippen LogP contribution >= 0.6 is 11.8 Å². The molecule has 0 aliphatic rings. The monoisotopic (exact) mass is 302 g/mol. The van der Waals surface area contributed by atoms with E-state index in [2.05, 4.69) is 0 Å². The maximum Gasteiger partial charge on any atom is 0.339 e. The summed E-state index contributed by atoms with van der Waals surface area (Å²) in [7, 11) is 0. The number of esters is 1. The predicted molar refractivity (Wildman–Crippen MR) is 80.8 cm³/mol. The molecule has 0 aliphatic carbocycles. The number of hydrogen-bond donors (Lipinski definition) is 1. The molecular weight excluding hydrogens is 288 g/mol. The molecule has 0 saturated heterocycles. The van der Waals surface area contributed by atoms with Crippen molar-refractivity contribution in [2.45, 2.75) is 4.90 Å². The molecule has 0 aromatic heterocycles. The van der Waals surface area contributed by atoms with Gasteiger partial charge >= 0.3 is 11.9 Å².